The average molecular weight is 332 g/mol. The Morgan fingerprint density at radius 1 is 1.27 bits per heavy atom. The molecule has 0 aliphatic rings. The molecule has 0 fully saturated rings. The topological polar surface area (TPSA) is 33.2 Å². The molecular formula is C16H13FN2OS2. The normalized spacial score (nSPS) is 10.6. The minimum Gasteiger partial charge on any atom is -0.307 e. The molecule has 0 N–H and O–H groups in total. The molecule has 22 heavy (non-hydrogen) atoms. The van der Waals surface area contributed by atoms with Crippen LogP contribution in [0.2, 0.25) is 0 Å². The van der Waals surface area contributed by atoms with Gasteiger partial charge in [-0.05, 0) is 36.6 Å². The van der Waals surface area contributed by atoms with Crippen LogP contribution in [0, 0.1) is 5.82 Å². The van der Waals surface area contributed by atoms with Crippen LogP contribution >= 0.6 is 22.7 Å². The van der Waals surface area contributed by atoms with E-state index in [4.69, 9.17) is 0 Å². The Labute approximate surface area is 135 Å². The molecule has 0 aliphatic carbocycles. The molecule has 3 aromatic rings. The van der Waals surface area contributed by atoms with Crippen molar-refractivity contribution in [3.8, 4) is 9.88 Å². The summed E-state index contributed by atoms with van der Waals surface area (Å²) in [5.74, 6) is -0.576. The molecule has 6 heteroatoms. The molecule has 1 aromatic carbocycles. The summed E-state index contributed by atoms with van der Waals surface area (Å²) in [6.07, 6.45) is 0. The summed E-state index contributed by atoms with van der Waals surface area (Å²) in [4.78, 5) is 19.6. The van der Waals surface area contributed by atoms with Gasteiger partial charge in [0.25, 0.3) is 5.91 Å². The van der Waals surface area contributed by atoms with E-state index < -0.39 is 0 Å². The zero-order valence-electron chi connectivity index (χ0n) is 11.8. The standard InChI is InChI=1S/C16H13FN2OS2/c1-2-19(12-6-3-5-11(17)9-12)16(20)13-10-22-15(18-13)14-7-4-8-21-14/h3-10H,2H2,1H3. The number of amides is 1. The summed E-state index contributed by atoms with van der Waals surface area (Å²) in [5, 5.41) is 4.55. The molecule has 0 unspecified atom stereocenters. The smallest absolute Gasteiger partial charge is 0.277 e. The summed E-state index contributed by atoms with van der Waals surface area (Å²) in [6.45, 7) is 2.31. The minimum atomic E-state index is -0.360. The highest BCUT2D eigenvalue weighted by molar-refractivity contribution is 7.20. The summed E-state index contributed by atoms with van der Waals surface area (Å²) in [5.41, 5.74) is 0.928. The number of halogens is 1. The fraction of sp³-hybridized carbons (Fsp3) is 0.125. The van der Waals surface area contributed by atoms with Gasteiger partial charge in [-0.25, -0.2) is 9.37 Å². The van der Waals surface area contributed by atoms with Gasteiger partial charge in [-0.1, -0.05) is 12.1 Å². The van der Waals surface area contributed by atoms with Crippen LogP contribution in [0.5, 0.6) is 0 Å². The second-order valence-electron chi connectivity index (χ2n) is 4.54. The molecule has 0 bridgehead atoms. The number of rotatable bonds is 4. The van der Waals surface area contributed by atoms with Crippen molar-refractivity contribution in [2.75, 3.05) is 11.4 Å². The first-order valence-electron chi connectivity index (χ1n) is 6.76. The Kier molecular flexibility index (Phi) is 4.31. The molecule has 112 valence electrons. The van der Waals surface area contributed by atoms with Crippen molar-refractivity contribution < 1.29 is 9.18 Å². The quantitative estimate of drug-likeness (QED) is 0.695. The third-order valence-electron chi connectivity index (χ3n) is 3.14. The van der Waals surface area contributed by atoms with Gasteiger partial charge < -0.3 is 4.90 Å². The van der Waals surface area contributed by atoms with Gasteiger partial charge in [-0.3, -0.25) is 4.79 Å². The fourth-order valence-corrected chi connectivity index (χ4v) is 3.72. The van der Waals surface area contributed by atoms with Gasteiger partial charge in [0.1, 0.15) is 16.5 Å². The highest BCUT2D eigenvalue weighted by Crippen LogP contribution is 2.28. The number of hydrogen-bond acceptors (Lipinski definition) is 4. The van der Waals surface area contributed by atoms with Crippen molar-refractivity contribution in [2.45, 2.75) is 6.92 Å². The molecule has 1 amide bonds. The molecule has 0 atom stereocenters. The third-order valence-corrected chi connectivity index (χ3v) is 5.02. The Hall–Kier alpha value is -2.05. The van der Waals surface area contributed by atoms with Crippen molar-refractivity contribution >= 4 is 34.3 Å². The Morgan fingerprint density at radius 2 is 2.14 bits per heavy atom. The number of carbonyl (C=O) groups is 1. The number of thiazole rings is 1. The molecule has 0 radical (unpaired) electrons. The molecule has 3 rings (SSSR count). The van der Waals surface area contributed by atoms with Crippen LogP contribution in [0.15, 0.2) is 47.2 Å². The Bertz CT molecular complexity index is 783. The van der Waals surface area contributed by atoms with E-state index in [2.05, 4.69) is 4.98 Å². The van der Waals surface area contributed by atoms with Crippen LogP contribution in [0.25, 0.3) is 9.88 Å². The van der Waals surface area contributed by atoms with Crippen molar-refractivity contribution in [3.05, 3.63) is 58.7 Å². The molecule has 3 nitrogen and oxygen atoms in total. The van der Waals surface area contributed by atoms with E-state index in [-0.39, 0.29) is 11.7 Å². The lowest BCUT2D eigenvalue weighted by Gasteiger charge is -2.19. The molecule has 0 spiro atoms. The van der Waals surface area contributed by atoms with Crippen LogP contribution in [0.3, 0.4) is 0 Å². The second kappa shape index (κ2) is 6.37. The molecule has 0 saturated heterocycles. The average Bonchev–Trinajstić information content (AvgIpc) is 3.19. The maximum atomic E-state index is 13.4. The van der Waals surface area contributed by atoms with E-state index in [9.17, 15) is 9.18 Å². The minimum absolute atomic E-state index is 0.216. The van der Waals surface area contributed by atoms with Crippen LogP contribution in [0.4, 0.5) is 10.1 Å². The van der Waals surface area contributed by atoms with E-state index in [0.717, 1.165) is 9.88 Å². The monoisotopic (exact) mass is 332 g/mol. The lowest BCUT2D eigenvalue weighted by Crippen LogP contribution is -2.30. The first kappa shape index (κ1) is 14.9. The van der Waals surface area contributed by atoms with Crippen molar-refractivity contribution in [1.29, 1.82) is 0 Å². The second-order valence-corrected chi connectivity index (χ2v) is 6.35. The van der Waals surface area contributed by atoms with Crippen LogP contribution in [-0.2, 0) is 0 Å². The maximum absolute atomic E-state index is 13.4. The molecule has 2 aromatic heterocycles. The summed E-state index contributed by atoms with van der Waals surface area (Å²) >= 11 is 3.03. The zero-order chi connectivity index (χ0) is 15.5. The SMILES string of the molecule is CCN(C(=O)c1csc(-c2cccs2)n1)c1cccc(F)c1. The van der Waals surface area contributed by atoms with Gasteiger partial charge >= 0.3 is 0 Å². The largest absolute Gasteiger partial charge is 0.307 e. The first-order chi connectivity index (χ1) is 10.7. The van der Waals surface area contributed by atoms with Crippen molar-refractivity contribution in [3.63, 3.8) is 0 Å². The molecule has 0 saturated carbocycles. The molecular weight excluding hydrogens is 319 g/mol. The number of thiophene rings is 1. The number of hydrogen-bond donors (Lipinski definition) is 0. The Balaban J connectivity index is 1.89. The number of nitrogens with zero attached hydrogens (tertiary/aromatic N) is 2. The summed E-state index contributed by atoms with van der Waals surface area (Å²) < 4.78 is 13.4. The highest BCUT2D eigenvalue weighted by Gasteiger charge is 2.20. The first-order valence-corrected chi connectivity index (χ1v) is 8.52. The fourth-order valence-electron chi connectivity index (χ4n) is 2.11. The highest BCUT2D eigenvalue weighted by atomic mass is 32.1. The van der Waals surface area contributed by atoms with Crippen LogP contribution in [-0.4, -0.2) is 17.4 Å². The van der Waals surface area contributed by atoms with Crippen molar-refractivity contribution in [2.24, 2.45) is 0 Å². The van der Waals surface area contributed by atoms with Gasteiger partial charge in [0.15, 0.2) is 0 Å². The van der Waals surface area contributed by atoms with Gasteiger partial charge in [0.2, 0.25) is 0 Å². The maximum Gasteiger partial charge on any atom is 0.277 e. The van der Waals surface area contributed by atoms with E-state index in [1.807, 2.05) is 24.4 Å². The number of aromatic nitrogens is 1. The van der Waals surface area contributed by atoms with E-state index in [0.29, 0.717) is 17.9 Å². The molecule has 2 heterocycles. The van der Waals surface area contributed by atoms with Crippen LogP contribution in [0.1, 0.15) is 17.4 Å². The predicted molar refractivity (Wildman–Crippen MR) is 89.2 cm³/mol. The lowest BCUT2D eigenvalue weighted by atomic mass is 10.2. The van der Waals surface area contributed by atoms with Gasteiger partial charge in [0, 0.05) is 17.6 Å². The van der Waals surface area contributed by atoms with E-state index >= 15 is 0 Å². The number of carbonyl (C=O) groups excluding carboxylic acids is 1. The third kappa shape index (κ3) is 2.93. The Morgan fingerprint density at radius 3 is 2.82 bits per heavy atom. The number of benzene rings is 1. The summed E-state index contributed by atoms with van der Waals surface area (Å²) in [7, 11) is 0. The predicted octanol–water partition coefficient (Wildman–Crippen LogP) is 4.68. The number of anilines is 1. The zero-order valence-corrected chi connectivity index (χ0v) is 13.5. The van der Waals surface area contributed by atoms with Gasteiger partial charge in [0.05, 0.1) is 4.88 Å². The molecule has 0 aliphatic heterocycles. The van der Waals surface area contributed by atoms with Crippen LogP contribution < -0.4 is 4.90 Å². The van der Waals surface area contributed by atoms with Crippen molar-refractivity contribution in [1.82, 2.24) is 4.98 Å². The van der Waals surface area contributed by atoms with Gasteiger partial charge in [-0.15, -0.1) is 22.7 Å². The van der Waals surface area contributed by atoms with E-state index in [1.54, 1.807) is 28.8 Å². The van der Waals surface area contributed by atoms with Gasteiger partial charge in [-0.2, -0.15) is 0 Å². The summed E-state index contributed by atoms with van der Waals surface area (Å²) in [6, 6.07) is 9.96. The van der Waals surface area contributed by atoms with E-state index in [1.165, 1.54) is 28.4 Å². The lowest BCUT2D eigenvalue weighted by molar-refractivity contribution is 0.0984.